The molecule has 1 aliphatic heterocycles. The molecule has 0 saturated carbocycles. The molecular weight excluding hydrogens is 482 g/mol. The van der Waals surface area contributed by atoms with Gasteiger partial charge in [-0.25, -0.2) is 4.68 Å². The van der Waals surface area contributed by atoms with E-state index in [1.807, 2.05) is 67.2 Å². The zero-order valence-electron chi connectivity index (χ0n) is 19.2. The lowest BCUT2D eigenvalue weighted by atomic mass is 9.73. The van der Waals surface area contributed by atoms with Gasteiger partial charge in [0.05, 0.1) is 23.4 Å². The van der Waals surface area contributed by atoms with Crippen LogP contribution in [0.1, 0.15) is 31.0 Å². The van der Waals surface area contributed by atoms with E-state index in [1.165, 1.54) is 0 Å². The molecule has 0 unspecified atom stereocenters. The fraction of sp³-hybridized carbons (Fsp3) is 0.385. The summed E-state index contributed by atoms with van der Waals surface area (Å²) < 4.78 is 9.68. The maximum absolute atomic E-state index is 13.0. The highest BCUT2D eigenvalue weighted by Crippen LogP contribution is 2.37. The zero-order chi connectivity index (χ0) is 23.4. The van der Waals surface area contributed by atoms with E-state index in [-0.39, 0.29) is 11.5 Å². The largest absolute Gasteiger partial charge is 0.466 e. The predicted octanol–water partition coefficient (Wildman–Crippen LogP) is 4.33. The zero-order valence-corrected chi connectivity index (χ0v) is 20.8. The first-order valence-electron chi connectivity index (χ1n) is 11.4. The van der Waals surface area contributed by atoms with Gasteiger partial charge in [0.25, 0.3) is 5.56 Å². The van der Waals surface area contributed by atoms with Gasteiger partial charge in [0.2, 0.25) is 0 Å². The van der Waals surface area contributed by atoms with E-state index in [9.17, 15) is 9.59 Å². The smallest absolute Gasteiger partial charge is 0.312 e. The SMILES string of the molecule is CCOC(=O)C1(Cc2ccccc2)CCN(Cc2c(Br)c(=O)n(-c3ccccc3)n2C)CC1. The number of rotatable bonds is 7. The number of carbonyl (C=O) groups is 1. The van der Waals surface area contributed by atoms with Crippen LogP contribution in [0.15, 0.2) is 69.9 Å². The Balaban J connectivity index is 1.52. The molecule has 0 amide bonds. The van der Waals surface area contributed by atoms with Gasteiger partial charge in [-0.1, -0.05) is 48.5 Å². The Kier molecular flexibility index (Phi) is 7.20. The molecule has 1 fully saturated rings. The minimum Gasteiger partial charge on any atom is -0.466 e. The Hall–Kier alpha value is -2.64. The standard InChI is InChI=1S/C26H30BrN3O3/c1-3-33-25(32)26(18-20-10-6-4-7-11-20)14-16-29(17-15-26)19-22-23(27)24(31)30(28(22)2)21-12-8-5-9-13-21/h4-13H,3,14-19H2,1-2H3. The minimum absolute atomic E-state index is 0.0688. The third-order valence-corrected chi connectivity index (χ3v) is 7.40. The normalized spacial score (nSPS) is 16.0. The van der Waals surface area contributed by atoms with E-state index in [2.05, 4.69) is 33.0 Å². The maximum Gasteiger partial charge on any atom is 0.312 e. The Morgan fingerprint density at radius 3 is 2.24 bits per heavy atom. The van der Waals surface area contributed by atoms with Crippen molar-refractivity contribution in [3.05, 3.63) is 86.7 Å². The lowest BCUT2D eigenvalue weighted by Gasteiger charge is -2.40. The van der Waals surface area contributed by atoms with Crippen LogP contribution in [0.4, 0.5) is 0 Å². The molecule has 0 radical (unpaired) electrons. The second-order valence-corrected chi connectivity index (χ2v) is 9.47. The van der Waals surface area contributed by atoms with Crippen LogP contribution in [0.2, 0.25) is 0 Å². The molecule has 0 aliphatic carbocycles. The molecule has 174 valence electrons. The first-order valence-corrected chi connectivity index (χ1v) is 12.2. The number of benzene rings is 2. The number of carbonyl (C=O) groups excluding carboxylic acids is 1. The van der Waals surface area contributed by atoms with Gasteiger partial charge < -0.3 is 4.74 Å². The number of likely N-dealkylation sites (tertiary alicyclic amines) is 1. The highest BCUT2D eigenvalue weighted by Gasteiger charge is 2.43. The van der Waals surface area contributed by atoms with E-state index < -0.39 is 5.41 Å². The van der Waals surface area contributed by atoms with Crippen LogP contribution in [-0.4, -0.2) is 39.9 Å². The van der Waals surface area contributed by atoms with Crippen LogP contribution in [0, 0.1) is 5.41 Å². The van der Waals surface area contributed by atoms with Crippen LogP contribution in [0.3, 0.4) is 0 Å². The van der Waals surface area contributed by atoms with Gasteiger partial charge in [0.15, 0.2) is 0 Å². The molecule has 1 aromatic heterocycles. The summed E-state index contributed by atoms with van der Waals surface area (Å²) in [6, 6.07) is 19.8. The highest BCUT2D eigenvalue weighted by molar-refractivity contribution is 9.10. The molecule has 0 N–H and O–H groups in total. The summed E-state index contributed by atoms with van der Waals surface area (Å²) in [7, 11) is 1.91. The molecule has 3 aromatic rings. The number of para-hydroxylation sites is 1. The molecule has 7 heteroatoms. The Morgan fingerprint density at radius 1 is 1.03 bits per heavy atom. The number of hydrogen-bond acceptors (Lipinski definition) is 4. The number of piperidine rings is 1. The molecule has 0 spiro atoms. The summed E-state index contributed by atoms with van der Waals surface area (Å²) in [6.07, 6.45) is 2.14. The number of hydrogen-bond donors (Lipinski definition) is 0. The van der Waals surface area contributed by atoms with Gasteiger partial charge in [-0.05, 0) is 72.9 Å². The lowest BCUT2D eigenvalue weighted by Crippen LogP contribution is -2.46. The van der Waals surface area contributed by atoms with Crippen molar-refractivity contribution in [2.75, 3.05) is 19.7 Å². The summed E-state index contributed by atoms with van der Waals surface area (Å²) in [5, 5.41) is 0. The minimum atomic E-state index is -0.507. The van der Waals surface area contributed by atoms with E-state index in [0.29, 0.717) is 24.0 Å². The fourth-order valence-electron chi connectivity index (χ4n) is 4.72. The number of ether oxygens (including phenoxy) is 1. The third kappa shape index (κ3) is 4.84. The molecular formula is C26H30BrN3O3. The number of aromatic nitrogens is 2. The van der Waals surface area contributed by atoms with Crippen LogP contribution in [-0.2, 0) is 29.5 Å². The predicted molar refractivity (Wildman–Crippen MR) is 132 cm³/mol. The molecule has 0 atom stereocenters. The van der Waals surface area contributed by atoms with Crippen LogP contribution < -0.4 is 5.56 Å². The lowest BCUT2D eigenvalue weighted by molar-refractivity contribution is -0.158. The van der Waals surface area contributed by atoms with E-state index in [0.717, 1.165) is 42.9 Å². The van der Waals surface area contributed by atoms with Gasteiger partial charge in [-0.3, -0.25) is 19.2 Å². The van der Waals surface area contributed by atoms with Crippen molar-refractivity contribution in [2.45, 2.75) is 32.7 Å². The Bertz CT molecular complexity index is 1150. The molecule has 2 aromatic carbocycles. The first-order chi connectivity index (χ1) is 15.9. The third-order valence-electron chi connectivity index (χ3n) is 6.61. The van der Waals surface area contributed by atoms with Gasteiger partial charge in [0, 0.05) is 13.6 Å². The average molecular weight is 512 g/mol. The van der Waals surface area contributed by atoms with E-state index in [1.54, 1.807) is 4.68 Å². The highest BCUT2D eigenvalue weighted by atomic mass is 79.9. The molecule has 0 bridgehead atoms. The monoisotopic (exact) mass is 511 g/mol. The number of esters is 1. The second-order valence-electron chi connectivity index (χ2n) is 8.68. The molecule has 1 saturated heterocycles. The molecule has 2 heterocycles. The van der Waals surface area contributed by atoms with Crippen molar-refractivity contribution in [1.82, 2.24) is 14.3 Å². The molecule has 33 heavy (non-hydrogen) atoms. The molecule has 4 rings (SSSR count). The van der Waals surface area contributed by atoms with Gasteiger partial charge >= 0.3 is 5.97 Å². The maximum atomic E-state index is 13.0. The molecule has 1 aliphatic rings. The van der Waals surface area contributed by atoms with E-state index >= 15 is 0 Å². The van der Waals surface area contributed by atoms with Crippen LogP contribution in [0.25, 0.3) is 5.69 Å². The van der Waals surface area contributed by atoms with Crippen molar-refractivity contribution in [3.63, 3.8) is 0 Å². The van der Waals surface area contributed by atoms with Crippen LogP contribution >= 0.6 is 15.9 Å². The van der Waals surface area contributed by atoms with Crippen molar-refractivity contribution in [2.24, 2.45) is 12.5 Å². The summed E-state index contributed by atoms with van der Waals surface area (Å²) in [5.74, 6) is -0.0997. The van der Waals surface area contributed by atoms with Crippen molar-refractivity contribution in [1.29, 1.82) is 0 Å². The Morgan fingerprint density at radius 2 is 1.64 bits per heavy atom. The summed E-state index contributed by atoms with van der Waals surface area (Å²) in [6.45, 7) is 4.42. The van der Waals surface area contributed by atoms with Gasteiger partial charge in [-0.2, -0.15) is 0 Å². The summed E-state index contributed by atoms with van der Waals surface area (Å²) >= 11 is 3.53. The van der Waals surface area contributed by atoms with Crippen molar-refractivity contribution >= 4 is 21.9 Å². The van der Waals surface area contributed by atoms with Gasteiger partial charge in [0.1, 0.15) is 4.47 Å². The number of halogens is 1. The van der Waals surface area contributed by atoms with Crippen molar-refractivity contribution < 1.29 is 9.53 Å². The number of nitrogens with zero attached hydrogens (tertiary/aromatic N) is 3. The molecule has 6 nitrogen and oxygen atoms in total. The van der Waals surface area contributed by atoms with Crippen molar-refractivity contribution in [3.8, 4) is 5.69 Å². The second kappa shape index (κ2) is 10.1. The Labute approximate surface area is 202 Å². The average Bonchev–Trinajstić information content (AvgIpc) is 3.04. The summed E-state index contributed by atoms with van der Waals surface area (Å²) in [4.78, 5) is 28.3. The topological polar surface area (TPSA) is 56.5 Å². The van der Waals surface area contributed by atoms with Gasteiger partial charge in [-0.15, -0.1) is 0 Å². The quantitative estimate of drug-likeness (QED) is 0.443. The van der Waals surface area contributed by atoms with Crippen LogP contribution in [0.5, 0.6) is 0 Å². The van der Waals surface area contributed by atoms with E-state index in [4.69, 9.17) is 4.74 Å². The summed E-state index contributed by atoms with van der Waals surface area (Å²) in [5.41, 5.74) is 2.34. The first kappa shape index (κ1) is 23.5. The fourth-order valence-corrected chi connectivity index (χ4v) is 5.27.